The quantitative estimate of drug-likeness (QED) is 0.278. The summed E-state index contributed by atoms with van der Waals surface area (Å²) in [5.41, 5.74) is 0.834. The SMILES string of the molecule is Cc1ccc(N(C(=O)c2ccc(Cl)cc2)c2nc(C(F)(F)F)c(-c3ccc(Cl)cc3)s2)cc1. The number of hydrogen-bond acceptors (Lipinski definition) is 3. The summed E-state index contributed by atoms with van der Waals surface area (Å²) >= 11 is 12.6. The van der Waals surface area contributed by atoms with Crippen LogP contribution < -0.4 is 4.90 Å². The number of aryl methyl sites for hydroxylation is 1. The molecule has 0 atom stereocenters. The van der Waals surface area contributed by atoms with Gasteiger partial charge in [0.1, 0.15) is 0 Å². The Morgan fingerprint density at radius 3 is 1.97 bits per heavy atom. The average molecular weight is 507 g/mol. The van der Waals surface area contributed by atoms with Crippen molar-refractivity contribution in [3.63, 3.8) is 0 Å². The summed E-state index contributed by atoms with van der Waals surface area (Å²) in [7, 11) is 0. The van der Waals surface area contributed by atoms with Crippen molar-refractivity contribution in [1.82, 2.24) is 4.98 Å². The zero-order valence-corrected chi connectivity index (χ0v) is 19.4. The van der Waals surface area contributed by atoms with E-state index in [1.165, 1.54) is 41.3 Å². The first-order chi connectivity index (χ1) is 15.6. The van der Waals surface area contributed by atoms with Crippen molar-refractivity contribution < 1.29 is 18.0 Å². The number of alkyl halides is 3. The number of amides is 1. The van der Waals surface area contributed by atoms with Crippen LogP contribution in [0.3, 0.4) is 0 Å². The van der Waals surface area contributed by atoms with E-state index in [-0.39, 0.29) is 15.6 Å². The summed E-state index contributed by atoms with van der Waals surface area (Å²) < 4.78 is 41.7. The Bertz CT molecular complexity index is 1290. The van der Waals surface area contributed by atoms with E-state index in [4.69, 9.17) is 23.2 Å². The molecule has 0 saturated carbocycles. The van der Waals surface area contributed by atoms with E-state index in [1.807, 2.05) is 6.92 Å². The Balaban J connectivity index is 1.89. The number of thiazole rings is 1. The van der Waals surface area contributed by atoms with Gasteiger partial charge in [-0.2, -0.15) is 13.2 Å². The monoisotopic (exact) mass is 506 g/mol. The molecular formula is C24H15Cl2F3N2OS. The van der Waals surface area contributed by atoms with Gasteiger partial charge in [-0.3, -0.25) is 9.69 Å². The van der Waals surface area contributed by atoms with Gasteiger partial charge >= 0.3 is 6.18 Å². The molecule has 0 aliphatic carbocycles. The third kappa shape index (κ3) is 5.05. The maximum Gasteiger partial charge on any atom is 0.434 e. The molecule has 168 valence electrons. The van der Waals surface area contributed by atoms with E-state index in [9.17, 15) is 18.0 Å². The van der Waals surface area contributed by atoms with E-state index >= 15 is 0 Å². The van der Waals surface area contributed by atoms with Gasteiger partial charge in [0.25, 0.3) is 5.91 Å². The van der Waals surface area contributed by atoms with Gasteiger partial charge in [0.05, 0.1) is 10.6 Å². The molecule has 0 spiro atoms. The predicted octanol–water partition coefficient (Wildman–Crippen LogP) is 8.42. The Hall–Kier alpha value is -2.87. The molecular weight excluding hydrogens is 492 g/mol. The summed E-state index contributed by atoms with van der Waals surface area (Å²) in [5, 5.41) is 0.736. The molecule has 3 nitrogen and oxygen atoms in total. The molecule has 4 rings (SSSR count). The third-order valence-corrected chi connectivity index (χ3v) is 6.36. The molecule has 3 aromatic carbocycles. The van der Waals surface area contributed by atoms with Gasteiger partial charge in [0, 0.05) is 15.6 Å². The van der Waals surface area contributed by atoms with Crippen molar-refractivity contribution >= 4 is 51.3 Å². The Labute approximate surface area is 202 Å². The zero-order valence-electron chi connectivity index (χ0n) is 17.0. The van der Waals surface area contributed by atoms with Crippen molar-refractivity contribution in [2.75, 3.05) is 4.90 Å². The van der Waals surface area contributed by atoms with Crippen LogP contribution in [-0.4, -0.2) is 10.9 Å². The van der Waals surface area contributed by atoms with E-state index in [2.05, 4.69) is 4.98 Å². The Morgan fingerprint density at radius 1 is 0.879 bits per heavy atom. The summed E-state index contributed by atoms with van der Waals surface area (Å²) in [6, 6.07) is 19.0. The van der Waals surface area contributed by atoms with Crippen LogP contribution in [0, 0.1) is 6.92 Å². The summed E-state index contributed by atoms with van der Waals surface area (Å²) in [4.78, 5) is 18.4. The van der Waals surface area contributed by atoms with Crippen molar-refractivity contribution in [3.05, 3.63) is 99.7 Å². The second-order valence-corrected chi connectivity index (χ2v) is 9.01. The molecule has 0 aliphatic heterocycles. The third-order valence-electron chi connectivity index (χ3n) is 4.77. The molecule has 9 heteroatoms. The van der Waals surface area contributed by atoms with Crippen LogP contribution in [0.1, 0.15) is 21.6 Å². The zero-order chi connectivity index (χ0) is 23.8. The molecule has 0 radical (unpaired) electrons. The number of nitrogens with zero attached hydrogens (tertiary/aromatic N) is 2. The standard InChI is InChI=1S/C24H15Cl2F3N2OS/c1-14-2-12-19(13-3-14)31(22(32)16-6-10-18(26)11-7-16)23-30-21(24(27,28)29)20(33-23)15-4-8-17(25)9-5-15/h2-13H,1H3. The molecule has 33 heavy (non-hydrogen) atoms. The Morgan fingerprint density at radius 2 is 1.42 bits per heavy atom. The highest BCUT2D eigenvalue weighted by molar-refractivity contribution is 7.19. The number of carbonyl (C=O) groups is 1. The molecule has 0 aliphatic rings. The number of carbonyl (C=O) groups excluding carboxylic acids is 1. The van der Waals surface area contributed by atoms with Crippen molar-refractivity contribution in [2.24, 2.45) is 0 Å². The molecule has 0 unspecified atom stereocenters. The molecule has 0 fully saturated rings. The second-order valence-electron chi connectivity index (χ2n) is 7.16. The number of hydrogen-bond donors (Lipinski definition) is 0. The first kappa shape index (κ1) is 23.3. The van der Waals surface area contributed by atoms with Crippen molar-refractivity contribution in [2.45, 2.75) is 13.1 Å². The minimum atomic E-state index is -4.72. The van der Waals surface area contributed by atoms with E-state index in [1.54, 1.807) is 36.4 Å². The fourth-order valence-corrected chi connectivity index (χ4v) is 4.49. The fourth-order valence-electron chi connectivity index (χ4n) is 3.12. The summed E-state index contributed by atoms with van der Waals surface area (Å²) in [6.07, 6.45) is -4.72. The number of benzene rings is 3. The van der Waals surface area contributed by atoms with Gasteiger partial charge in [-0.05, 0) is 61.0 Å². The highest BCUT2D eigenvalue weighted by Gasteiger charge is 2.39. The number of anilines is 2. The lowest BCUT2D eigenvalue weighted by Crippen LogP contribution is -2.26. The largest absolute Gasteiger partial charge is 0.434 e. The van der Waals surface area contributed by atoms with Crippen LogP contribution >= 0.6 is 34.5 Å². The van der Waals surface area contributed by atoms with Gasteiger partial charge in [0.15, 0.2) is 10.8 Å². The van der Waals surface area contributed by atoms with Gasteiger partial charge < -0.3 is 0 Å². The van der Waals surface area contributed by atoms with Crippen LogP contribution in [0.2, 0.25) is 10.0 Å². The molecule has 0 bridgehead atoms. The van der Waals surface area contributed by atoms with Crippen LogP contribution in [-0.2, 0) is 6.18 Å². The predicted molar refractivity (Wildman–Crippen MR) is 127 cm³/mol. The minimum Gasteiger partial charge on any atom is -0.268 e. The van der Waals surface area contributed by atoms with Crippen molar-refractivity contribution in [3.8, 4) is 10.4 Å². The lowest BCUT2D eigenvalue weighted by molar-refractivity contribution is -0.140. The van der Waals surface area contributed by atoms with Crippen molar-refractivity contribution in [1.29, 1.82) is 0 Å². The first-order valence-electron chi connectivity index (χ1n) is 9.64. The number of halogens is 5. The van der Waals surface area contributed by atoms with Crippen LogP contribution in [0.25, 0.3) is 10.4 Å². The second kappa shape index (κ2) is 9.17. The molecule has 1 aromatic heterocycles. The smallest absolute Gasteiger partial charge is 0.268 e. The maximum atomic E-state index is 13.9. The minimum absolute atomic E-state index is 0.101. The Kier molecular flexibility index (Phi) is 6.47. The molecule has 1 heterocycles. The molecule has 0 N–H and O–H groups in total. The molecule has 4 aromatic rings. The normalized spacial score (nSPS) is 11.5. The molecule has 1 amide bonds. The maximum absolute atomic E-state index is 13.9. The molecule has 0 saturated heterocycles. The lowest BCUT2D eigenvalue weighted by Gasteiger charge is -2.20. The topological polar surface area (TPSA) is 33.2 Å². The highest BCUT2D eigenvalue weighted by Crippen LogP contribution is 2.45. The number of aromatic nitrogens is 1. The number of rotatable bonds is 4. The van der Waals surface area contributed by atoms with E-state index < -0.39 is 17.8 Å². The van der Waals surface area contributed by atoms with Gasteiger partial charge in [-0.15, -0.1) is 0 Å². The first-order valence-corrected chi connectivity index (χ1v) is 11.2. The van der Waals surface area contributed by atoms with Gasteiger partial charge in [0.2, 0.25) is 0 Å². The van der Waals surface area contributed by atoms with Gasteiger partial charge in [-0.25, -0.2) is 4.98 Å². The fraction of sp³-hybridized carbons (Fsp3) is 0.0833. The van der Waals surface area contributed by atoms with Crippen LogP contribution in [0.5, 0.6) is 0 Å². The lowest BCUT2D eigenvalue weighted by atomic mass is 10.1. The average Bonchev–Trinajstić information content (AvgIpc) is 3.22. The van der Waals surface area contributed by atoms with Crippen LogP contribution in [0.4, 0.5) is 24.0 Å². The summed E-state index contributed by atoms with van der Waals surface area (Å²) in [6.45, 7) is 1.87. The van der Waals surface area contributed by atoms with E-state index in [0.717, 1.165) is 16.9 Å². The highest BCUT2D eigenvalue weighted by atomic mass is 35.5. The van der Waals surface area contributed by atoms with Gasteiger partial charge in [-0.1, -0.05) is 64.4 Å². The van der Waals surface area contributed by atoms with Crippen LogP contribution in [0.15, 0.2) is 72.8 Å². The van der Waals surface area contributed by atoms with E-state index in [0.29, 0.717) is 21.3 Å². The summed E-state index contributed by atoms with van der Waals surface area (Å²) in [5.74, 6) is -0.527.